The molecule has 0 aliphatic carbocycles. The van der Waals surface area contributed by atoms with Crippen LogP contribution in [0.2, 0.25) is 0 Å². The van der Waals surface area contributed by atoms with Gasteiger partial charge in [-0.1, -0.05) is 0 Å². The van der Waals surface area contributed by atoms with Crippen LogP contribution in [-0.4, -0.2) is 13.2 Å². The lowest BCUT2D eigenvalue weighted by atomic mass is 10.2. The first-order valence-electron chi connectivity index (χ1n) is 11.2. The van der Waals surface area contributed by atoms with Crippen LogP contribution in [0.1, 0.15) is 13.8 Å². The molecule has 0 spiro atoms. The molecule has 0 heterocycles. The summed E-state index contributed by atoms with van der Waals surface area (Å²) in [6, 6.07) is 32.4. The normalized spacial score (nSPS) is 10.4. The molecule has 0 aliphatic rings. The van der Waals surface area contributed by atoms with Crippen molar-refractivity contribution < 1.29 is 9.47 Å². The highest BCUT2D eigenvalue weighted by molar-refractivity contribution is 5.68. The molecule has 0 atom stereocenters. The van der Waals surface area contributed by atoms with E-state index in [0.717, 1.165) is 45.6 Å². The van der Waals surface area contributed by atoms with Gasteiger partial charge in [0.25, 0.3) is 0 Å². The van der Waals surface area contributed by atoms with E-state index in [-0.39, 0.29) is 0 Å². The number of hydrogen-bond acceptors (Lipinski definition) is 5. The lowest BCUT2D eigenvalue weighted by Gasteiger charge is -2.11. The average molecular weight is 440 g/mol. The quantitative estimate of drug-likeness (QED) is 0.236. The Labute approximate surface area is 195 Å². The Morgan fingerprint density at radius 1 is 0.394 bits per heavy atom. The maximum absolute atomic E-state index is 5.49. The van der Waals surface area contributed by atoms with Gasteiger partial charge in [-0.25, -0.2) is 0 Å². The van der Waals surface area contributed by atoms with Gasteiger partial charge in [0.2, 0.25) is 0 Å². The van der Waals surface area contributed by atoms with Gasteiger partial charge in [-0.05, 0) is 111 Å². The van der Waals surface area contributed by atoms with Crippen molar-refractivity contribution >= 4 is 34.1 Å². The zero-order valence-electron chi connectivity index (χ0n) is 19.0. The fourth-order valence-electron chi connectivity index (χ4n) is 3.38. The maximum atomic E-state index is 5.49. The summed E-state index contributed by atoms with van der Waals surface area (Å²) in [5, 5.41) is 10.3. The van der Waals surface area contributed by atoms with Crippen LogP contribution in [0.3, 0.4) is 0 Å². The molecule has 0 aromatic heterocycles. The predicted molar refractivity (Wildman–Crippen MR) is 138 cm³/mol. The summed E-state index contributed by atoms with van der Waals surface area (Å²) in [5.74, 6) is 1.76. The Hall–Kier alpha value is -4.12. The van der Waals surface area contributed by atoms with Gasteiger partial charge in [-0.3, -0.25) is 0 Å². The number of nitrogens with one attached hydrogen (secondary N) is 3. The lowest BCUT2D eigenvalue weighted by molar-refractivity contribution is 0.340. The molecule has 0 bridgehead atoms. The molecule has 0 fully saturated rings. The molecule has 0 saturated carbocycles. The Morgan fingerprint density at radius 2 is 0.606 bits per heavy atom. The van der Waals surface area contributed by atoms with Gasteiger partial charge in [0.1, 0.15) is 11.5 Å². The Bertz CT molecular complexity index is 1030. The summed E-state index contributed by atoms with van der Waals surface area (Å²) >= 11 is 0. The van der Waals surface area contributed by atoms with Gasteiger partial charge >= 0.3 is 0 Å². The van der Waals surface area contributed by atoms with Crippen LogP contribution in [-0.2, 0) is 0 Å². The van der Waals surface area contributed by atoms with E-state index in [1.807, 2.05) is 62.4 Å². The van der Waals surface area contributed by atoms with E-state index in [1.54, 1.807) is 0 Å². The molecule has 0 aliphatic heterocycles. The molecule has 33 heavy (non-hydrogen) atoms. The summed E-state index contributed by atoms with van der Waals surface area (Å²) in [7, 11) is 0. The van der Waals surface area contributed by atoms with E-state index in [0.29, 0.717) is 13.2 Å². The number of benzene rings is 4. The fourth-order valence-corrected chi connectivity index (χ4v) is 3.38. The third-order valence-electron chi connectivity index (χ3n) is 4.97. The fraction of sp³-hybridized carbons (Fsp3) is 0.143. The summed E-state index contributed by atoms with van der Waals surface area (Å²) in [6.07, 6.45) is 0. The van der Waals surface area contributed by atoms with Crippen LogP contribution in [0.25, 0.3) is 0 Å². The second-order valence-electron chi connectivity index (χ2n) is 7.44. The summed E-state index contributed by atoms with van der Waals surface area (Å²) < 4.78 is 11.0. The Balaban J connectivity index is 1.31. The zero-order chi connectivity index (χ0) is 22.9. The number of anilines is 6. The minimum absolute atomic E-state index is 0.670. The predicted octanol–water partition coefficient (Wildman–Crippen LogP) is 7.71. The van der Waals surface area contributed by atoms with Crippen LogP contribution in [0, 0.1) is 0 Å². The van der Waals surface area contributed by atoms with Gasteiger partial charge in [0.05, 0.1) is 13.2 Å². The lowest BCUT2D eigenvalue weighted by Crippen LogP contribution is -1.95. The zero-order valence-corrected chi connectivity index (χ0v) is 19.0. The first-order valence-corrected chi connectivity index (χ1v) is 11.2. The van der Waals surface area contributed by atoms with Crippen molar-refractivity contribution in [3.63, 3.8) is 0 Å². The number of hydrogen-bond donors (Lipinski definition) is 3. The molecular formula is C28H29N3O2. The topological polar surface area (TPSA) is 54.5 Å². The van der Waals surface area contributed by atoms with Crippen molar-refractivity contribution in [2.75, 3.05) is 29.2 Å². The summed E-state index contributed by atoms with van der Waals surface area (Å²) in [4.78, 5) is 0. The maximum Gasteiger partial charge on any atom is 0.119 e. The van der Waals surface area contributed by atoms with Crippen LogP contribution < -0.4 is 25.4 Å². The summed E-state index contributed by atoms with van der Waals surface area (Å²) in [5.41, 5.74) is 6.16. The van der Waals surface area contributed by atoms with E-state index in [9.17, 15) is 0 Å². The number of ether oxygens (including phenoxy) is 2. The van der Waals surface area contributed by atoms with Crippen molar-refractivity contribution in [1.29, 1.82) is 0 Å². The van der Waals surface area contributed by atoms with Gasteiger partial charge in [0, 0.05) is 34.1 Å². The van der Waals surface area contributed by atoms with E-state index in [4.69, 9.17) is 9.47 Å². The molecule has 5 heteroatoms. The highest BCUT2D eigenvalue weighted by Crippen LogP contribution is 2.25. The van der Waals surface area contributed by atoms with Crippen LogP contribution in [0.4, 0.5) is 34.1 Å². The second-order valence-corrected chi connectivity index (χ2v) is 7.44. The van der Waals surface area contributed by atoms with Gasteiger partial charge in [0.15, 0.2) is 0 Å². The van der Waals surface area contributed by atoms with Gasteiger partial charge in [-0.2, -0.15) is 0 Å². The third-order valence-corrected chi connectivity index (χ3v) is 4.97. The smallest absolute Gasteiger partial charge is 0.119 e. The monoisotopic (exact) mass is 439 g/mol. The molecule has 3 N–H and O–H groups in total. The molecule has 4 aromatic rings. The third kappa shape index (κ3) is 6.43. The van der Waals surface area contributed by atoms with Crippen molar-refractivity contribution in [3.05, 3.63) is 97.1 Å². The SMILES string of the molecule is CCOc1ccc(Nc2ccc(Nc3ccc(Nc4ccc(OCC)cc4)cc3)cc2)cc1. The van der Waals surface area contributed by atoms with Crippen molar-refractivity contribution in [3.8, 4) is 11.5 Å². The minimum Gasteiger partial charge on any atom is -0.494 e. The Kier molecular flexibility index (Phi) is 7.33. The van der Waals surface area contributed by atoms with Crippen LogP contribution in [0.15, 0.2) is 97.1 Å². The molecule has 168 valence electrons. The minimum atomic E-state index is 0.670. The molecule has 5 nitrogen and oxygen atoms in total. The molecule has 0 saturated heterocycles. The summed E-state index contributed by atoms with van der Waals surface area (Å²) in [6.45, 7) is 5.30. The molecule has 4 aromatic carbocycles. The van der Waals surface area contributed by atoms with Gasteiger partial charge < -0.3 is 25.4 Å². The number of rotatable bonds is 10. The van der Waals surface area contributed by atoms with Crippen molar-refractivity contribution in [2.45, 2.75) is 13.8 Å². The highest BCUT2D eigenvalue weighted by Gasteiger charge is 2.00. The highest BCUT2D eigenvalue weighted by atomic mass is 16.5. The second kappa shape index (κ2) is 11.0. The first kappa shape index (κ1) is 22.1. The molecule has 0 radical (unpaired) electrons. The van der Waals surface area contributed by atoms with Crippen molar-refractivity contribution in [1.82, 2.24) is 0 Å². The van der Waals surface area contributed by atoms with Crippen molar-refractivity contribution in [2.24, 2.45) is 0 Å². The van der Waals surface area contributed by atoms with E-state index < -0.39 is 0 Å². The van der Waals surface area contributed by atoms with E-state index >= 15 is 0 Å². The van der Waals surface area contributed by atoms with Crippen LogP contribution in [0.5, 0.6) is 11.5 Å². The van der Waals surface area contributed by atoms with E-state index in [2.05, 4.69) is 64.5 Å². The molecule has 0 unspecified atom stereocenters. The average Bonchev–Trinajstić information content (AvgIpc) is 2.84. The molecule has 0 amide bonds. The van der Waals surface area contributed by atoms with E-state index in [1.165, 1.54) is 0 Å². The largest absolute Gasteiger partial charge is 0.494 e. The molecule has 4 rings (SSSR count). The standard InChI is InChI=1S/C28H29N3O2/c1-3-32-27-17-13-25(14-18-27)30-23-9-5-21(6-10-23)29-22-7-11-24(12-8-22)31-26-15-19-28(20-16-26)33-4-2/h5-20,29-31H,3-4H2,1-2H3. The molecular weight excluding hydrogens is 410 g/mol. The van der Waals surface area contributed by atoms with Crippen LogP contribution >= 0.6 is 0 Å². The van der Waals surface area contributed by atoms with Gasteiger partial charge in [-0.15, -0.1) is 0 Å². The first-order chi connectivity index (χ1) is 16.2. The Morgan fingerprint density at radius 3 is 0.818 bits per heavy atom.